The first kappa shape index (κ1) is 18.6. The number of likely N-dealkylation sites (tertiary alicyclic amines) is 1. The number of rotatable bonds is 6. The predicted molar refractivity (Wildman–Crippen MR) is 92.5 cm³/mol. The number of nitrogens with two attached hydrogens (primary N) is 1. The van der Waals surface area contributed by atoms with Gasteiger partial charge in [0, 0.05) is 31.6 Å². The molecule has 1 aromatic heterocycles. The van der Waals surface area contributed by atoms with Crippen molar-refractivity contribution >= 4 is 23.3 Å². The van der Waals surface area contributed by atoms with Gasteiger partial charge in [-0.15, -0.1) is 0 Å². The molecule has 25 heavy (non-hydrogen) atoms. The zero-order valence-electron chi connectivity index (χ0n) is 14.5. The van der Waals surface area contributed by atoms with E-state index in [0.717, 1.165) is 12.8 Å². The SMILES string of the molecule is CC(C)CC(=NO)C(=O)N1CCC(Nc2cc(C(N)=O)ncn2)CC1. The molecule has 1 fully saturated rings. The number of anilines is 1. The molecule has 2 amide bonds. The summed E-state index contributed by atoms with van der Waals surface area (Å²) in [6.07, 6.45) is 3.19. The Balaban J connectivity index is 1.90. The van der Waals surface area contributed by atoms with E-state index in [1.807, 2.05) is 13.8 Å². The minimum Gasteiger partial charge on any atom is -0.410 e. The van der Waals surface area contributed by atoms with Crippen molar-refractivity contribution in [2.75, 3.05) is 18.4 Å². The lowest BCUT2D eigenvalue weighted by Gasteiger charge is -2.32. The molecule has 0 bridgehead atoms. The maximum atomic E-state index is 12.4. The van der Waals surface area contributed by atoms with Crippen molar-refractivity contribution in [3.63, 3.8) is 0 Å². The molecule has 9 nitrogen and oxygen atoms in total. The van der Waals surface area contributed by atoms with Crippen molar-refractivity contribution in [3.8, 4) is 0 Å². The summed E-state index contributed by atoms with van der Waals surface area (Å²) in [7, 11) is 0. The van der Waals surface area contributed by atoms with E-state index in [9.17, 15) is 9.59 Å². The molecule has 2 rings (SSSR count). The standard InChI is InChI=1S/C16H24N6O3/c1-10(2)7-13(21-25)16(24)22-5-3-11(4-6-22)20-14-8-12(15(17)23)18-9-19-14/h8-11,25H,3-7H2,1-2H3,(H2,17,23)(H,18,19,20). The Labute approximate surface area is 146 Å². The minimum absolute atomic E-state index is 0.124. The van der Waals surface area contributed by atoms with Crippen molar-refractivity contribution in [1.29, 1.82) is 0 Å². The van der Waals surface area contributed by atoms with Gasteiger partial charge in [-0.05, 0) is 18.8 Å². The lowest BCUT2D eigenvalue weighted by Crippen LogP contribution is -2.45. The van der Waals surface area contributed by atoms with E-state index in [4.69, 9.17) is 10.9 Å². The van der Waals surface area contributed by atoms with Crippen molar-refractivity contribution in [1.82, 2.24) is 14.9 Å². The largest absolute Gasteiger partial charge is 0.410 e. The van der Waals surface area contributed by atoms with Gasteiger partial charge in [0.2, 0.25) is 0 Å². The zero-order valence-corrected chi connectivity index (χ0v) is 14.5. The Morgan fingerprint density at radius 3 is 2.64 bits per heavy atom. The first-order valence-electron chi connectivity index (χ1n) is 8.29. The first-order chi connectivity index (χ1) is 11.9. The summed E-state index contributed by atoms with van der Waals surface area (Å²) < 4.78 is 0. The maximum Gasteiger partial charge on any atom is 0.271 e. The number of carbonyl (C=O) groups excluding carboxylic acids is 2. The van der Waals surface area contributed by atoms with Gasteiger partial charge in [0.05, 0.1) is 0 Å². The third kappa shape index (κ3) is 5.13. The number of aromatic nitrogens is 2. The van der Waals surface area contributed by atoms with Gasteiger partial charge in [0.25, 0.3) is 11.8 Å². The highest BCUT2D eigenvalue weighted by Gasteiger charge is 2.26. The van der Waals surface area contributed by atoms with Crippen LogP contribution in [0.4, 0.5) is 5.82 Å². The summed E-state index contributed by atoms with van der Waals surface area (Å²) in [4.78, 5) is 33.1. The average Bonchev–Trinajstić information content (AvgIpc) is 2.60. The van der Waals surface area contributed by atoms with Crippen LogP contribution in [0.25, 0.3) is 0 Å². The van der Waals surface area contributed by atoms with Crippen molar-refractivity contribution in [2.45, 2.75) is 39.2 Å². The van der Waals surface area contributed by atoms with Crippen LogP contribution in [0.15, 0.2) is 17.5 Å². The molecule has 0 radical (unpaired) electrons. The summed E-state index contributed by atoms with van der Waals surface area (Å²) in [5.74, 6) is -0.0446. The number of oxime groups is 1. The molecule has 0 atom stereocenters. The molecular formula is C16H24N6O3. The van der Waals surface area contributed by atoms with Crippen molar-refractivity contribution < 1.29 is 14.8 Å². The second-order valence-electron chi connectivity index (χ2n) is 6.51. The smallest absolute Gasteiger partial charge is 0.271 e. The van der Waals surface area contributed by atoms with Crippen LogP contribution >= 0.6 is 0 Å². The molecule has 0 spiro atoms. The van der Waals surface area contributed by atoms with E-state index in [2.05, 4.69) is 20.4 Å². The minimum atomic E-state index is -0.605. The highest BCUT2D eigenvalue weighted by molar-refractivity contribution is 6.38. The fraction of sp³-hybridized carbons (Fsp3) is 0.562. The molecular weight excluding hydrogens is 324 g/mol. The van der Waals surface area contributed by atoms with E-state index in [0.29, 0.717) is 25.3 Å². The van der Waals surface area contributed by atoms with E-state index >= 15 is 0 Å². The third-order valence-corrected chi connectivity index (χ3v) is 4.02. The number of amides is 2. The number of nitrogens with one attached hydrogen (secondary N) is 1. The average molecular weight is 348 g/mol. The lowest BCUT2D eigenvalue weighted by molar-refractivity contribution is -0.125. The summed E-state index contributed by atoms with van der Waals surface area (Å²) in [5.41, 5.74) is 5.56. The van der Waals surface area contributed by atoms with Crippen LogP contribution in [0, 0.1) is 5.92 Å². The quantitative estimate of drug-likeness (QED) is 0.396. The Kier molecular flexibility index (Phi) is 6.26. The second-order valence-corrected chi connectivity index (χ2v) is 6.51. The van der Waals surface area contributed by atoms with Gasteiger partial charge >= 0.3 is 0 Å². The molecule has 0 aromatic carbocycles. The Morgan fingerprint density at radius 1 is 1.40 bits per heavy atom. The Hall–Kier alpha value is -2.71. The number of hydrogen-bond donors (Lipinski definition) is 3. The van der Waals surface area contributed by atoms with E-state index in [-0.39, 0.29) is 29.3 Å². The highest BCUT2D eigenvalue weighted by atomic mass is 16.4. The van der Waals surface area contributed by atoms with E-state index in [1.54, 1.807) is 4.90 Å². The lowest BCUT2D eigenvalue weighted by atomic mass is 10.0. The van der Waals surface area contributed by atoms with Gasteiger partial charge in [-0.25, -0.2) is 9.97 Å². The number of hydrogen-bond acceptors (Lipinski definition) is 7. The fourth-order valence-electron chi connectivity index (χ4n) is 2.75. The van der Waals surface area contributed by atoms with Crippen LogP contribution in [-0.2, 0) is 4.79 Å². The van der Waals surface area contributed by atoms with Crippen molar-refractivity contribution in [2.24, 2.45) is 16.8 Å². The molecule has 1 aliphatic heterocycles. The first-order valence-corrected chi connectivity index (χ1v) is 8.29. The summed E-state index contributed by atoms with van der Waals surface area (Å²) >= 11 is 0. The molecule has 1 aromatic rings. The number of nitrogens with zero attached hydrogens (tertiary/aromatic N) is 4. The van der Waals surface area contributed by atoms with Gasteiger partial charge in [-0.3, -0.25) is 9.59 Å². The molecule has 0 aliphatic carbocycles. The van der Waals surface area contributed by atoms with Crippen LogP contribution in [0.1, 0.15) is 43.6 Å². The molecule has 1 saturated heterocycles. The van der Waals surface area contributed by atoms with Gasteiger partial charge in [0.1, 0.15) is 23.6 Å². The molecule has 0 saturated carbocycles. The number of piperidine rings is 1. The number of carbonyl (C=O) groups is 2. The van der Waals surface area contributed by atoms with Crippen LogP contribution in [-0.4, -0.2) is 56.7 Å². The van der Waals surface area contributed by atoms with Gasteiger partial charge in [-0.1, -0.05) is 19.0 Å². The predicted octanol–water partition coefficient (Wildman–Crippen LogP) is 0.855. The molecule has 1 aliphatic rings. The topological polar surface area (TPSA) is 134 Å². The van der Waals surface area contributed by atoms with E-state index in [1.165, 1.54) is 12.4 Å². The van der Waals surface area contributed by atoms with Gasteiger partial charge in [-0.2, -0.15) is 0 Å². The highest BCUT2D eigenvalue weighted by Crippen LogP contribution is 2.17. The Bertz CT molecular complexity index is 653. The summed E-state index contributed by atoms with van der Waals surface area (Å²) in [6, 6.07) is 1.64. The maximum absolute atomic E-state index is 12.4. The monoisotopic (exact) mass is 348 g/mol. The van der Waals surface area contributed by atoms with Crippen LogP contribution in [0.5, 0.6) is 0 Å². The van der Waals surface area contributed by atoms with E-state index < -0.39 is 5.91 Å². The Morgan fingerprint density at radius 2 is 2.08 bits per heavy atom. The molecule has 9 heteroatoms. The van der Waals surface area contributed by atoms with Gasteiger partial charge in [0.15, 0.2) is 0 Å². The van der Waals surface area contributed by atoms with Gasteiger partial charge < -0.3 is 21.2 Å². The second kappa shape index (κ2) is 8.41. The molecule has 0 unspecified atom stereocenters. The normalized spacial score (nSPS) is 16.1. The molecule has 136 valence electrons. The van der Waals surface area contributed by atoms with Crippen LogP contribution < -0.4 is 11.1 Å². The van der Waals surface area contributed by atoms with Crippen LogP contribution in [0.3, 0.4) is 0 Å². The number of primary amides is 1. The molecule has 2 heterocycles. The summed E-state index contributed by atoms with van der Waals surface area (Å²) in [5, 5.41) is 15.5. The zero-order chi connectivity index (χ0) is 18.4. The van der Waals surface area contributed by atoms with Crippen LogP contribution in [0.2, 0.25) is 0 Å². The third-order valence-electron chi connectivity index (χ3n) is 4.02. The fourth-order valence-corrected chi connectivity index (χ4v) is 2.75. The van der Waals surface area contributed by atoms with Crippen molar-refractivity contribution in [3.05, 3.63) is 18.1 Å². The molecule has 4 N–H and O–H groups in total. The summed E-state index contributed by atoms with van der Waals surface area (Å²) in [6.45, 7) is 5.05.